The van der Waals surface area contributed by atoms with E-state index in [1.807, 2.05) is 22.6 Å². The predicted octanol–water partition coefficient (Wildman–Crippen LogP) is 2.60. The summed E-state index contributed by atoms with van der Waals surface area (Å²) in [7, 11) is 0. The third-order valence-corrected chi connectivity index (χ3v) is 3.37. The van der Waals surface area contributed by atoms with Crippen LogP contribution in [0.25, 0.3) is 0 Å². The molecule has 16 heavy (non-hydrogen) atoms. The fourth-order valence-electron chi connectivity index (χ4n) is 1.44. The van der Waals surface area contributed by atoms with E-state index in [-0.39, 0.29) is 0 Å². The van der Waals surface area contributed by atoms with E-state index in [0.717, 1.165) is 24.5 Å². The second kappa shape index (κ2) is 6.33. The molecule has 0 radical (unpaired) electrons. The average Bonchev–Trinajstić information content (AvgIpc) is 2.83. The smallest absolute Gasteiger partial charge is 0.0692 e. The molecule has 1 heterocycles. The second-order valence-electron chi connectivity index (χ2n) is 3.56. The first-order valence-electron chi connectivity index (χ1n) is 5.41. The van der Waals surface area contributed by atoms with E-state index in [1.165, 1.54) is 5.56 Å². The van der Waals surface area contributed by atoms with Crippen LogP contribution in [-0.4, -0.2) is 20.7 Å². The lowest BCUT2D eigenvalue weighted by Gasteiger charge is -2.02. The summed E-state index contributed by atoms with van der Waals surface area (Å²) in [5.41, 5.74) is 1.40. The SMILES string of the molecule is c1ccc(CSCCCn2ccnn2)cc1. The summed E-state index contributed by atoms with van der Waals surface area (Å²) < 4.78 is 1.88. The van der Waals surface area contributed by atoms with Crippen LogP contribution in [0.5, 0.6) is 0 Å². The third kappa shape index (κ3) is 3.70. The number of hydrogen-bond acceptors (Lipinski definition) is 3. The van der Waals surface area contributed by atoms with Crippen LogP contribution in [0.15, 0.2) is 42.7 Å². The molecule has 1 aromatic heterocycles. The van der Waals surface area contributed by atoms with Crippen LogP contribution in [0.3, 0.4) is 0 Å². The maximum Gasteiger partial charge on any atom is 0.0692 e. The highest BCUT2D eigenvalue weighted by Gasteiger charge is 1.94. The van der Waals surface area contributed by atoms with E-state index >= 15 is 0 Å². The highest BCUT2D eigenvalue weighted by molar-refractivity contribution is 7.98. The zero-order valence-electron chi connectivity index (χ0n) is 9.12. The summed E-state index contributed by atoms with van der Waals surface area (Å²) in [6.07, 6.45) is 4.76. The number of thioether (sulfide) groups is 1. The molecule has 4 heteroatoms. The highest BCUT2D eigenvalue weighted by Crippen LogP contribution is 2.12. The van der Waals surface area contributed by atoms with Crippen LogP contribution in [-0.2, 0) is 12.3 Å². The van der Waals surface area contributed by atoms with Crippen molar-refractivity contribution < 1.29 is 0 Å². The van der Waals surface area contributed by atoms with Gasteiger partial charge in [0.15, 0.2) is 0 Å². The van der Waals surface area contributed by atoms with Gasteiger partial charge in [-0.3, -0.25) is 4.68 Å². The van der Waals surface area contributed by atoms with Gasteiger partial charge in [-0.15, -0.1) is 5.10 Å². The fraction of sp³-hybridized carbons (Fsp3) is 0.333. The standard InChI is InChI=1S/C12H15N3S/c1-2-5-12(6-3-1)11-16-10-4-8-15-9-7-13-14-15/h1-3,5-7,9H,4,8,10-11H2. The zero-order valence-corrected chi connectivity index (χ0v) is 9.94. The molecule has 0 amide bonds. The summed E-state index contributed by atoms with van der Waals surface area (Å²) in [5, 5.41) is 7.70. The topological polar surface area (TPSA) is 30.7 Å². The Morgan fingerprint density at radius 2 is 2.06 bits per heavy atom. The van der Waals surface area contributed by atoms with Gasteiger partial charge >= 0.3 is 0 Å². The van der Waals surface area contributed by atoms with Crippen molar-refractivity contribution in [3.05, 3.63) is 48.3 Å². The van der Waals surface area contributed by atoms with Gasteiger partial charge in [-0.05, 0) is 17.7 Å². The van der Waals surface area contributed by atoms with Gasteiger partial charge in [-0.2, -0.15) is 11.8 Å². The third-order valence-electron chi connectivity index (χ3n) is 2.26. The molecule has 0 saturated carbocycles. The molecule has 0 aliphatic rings. The number of aromatic nitrogens is 3. The van der Waals surface area contributed by atoms with E-state index in [9.17, 15) is 0 Å². The van der Waals surface area contributed by atoms with Crippen molar-refractivity contribution in [1.29, 1.82) is 0 Å². The fourth-order valence-corrected chi connectivity index (χ4v) is 2.35. The zero-order chi connectivity index (χ0) is 11.1. The summed E-state index contributed by atoms with van der Waals surface area (Å²) in [4.78, 5) is 0. The van der Waals surface area contributed by atoms with Gasteiger partial charge < -0.3 is 0 Å². The Morgan fingerprint density at radius 3 is 2.81 bits per heavy atom. The van der Waals surface area contributed by atoms with Gasteiger partial charge in [-0.25, -0.2) is 0 Å². The Balaban J connectivity index is 1.59. The molecule has 0 aliphatic heterocycles. The van der Waals surface area contributed by atoms with Crippen molar-refractivity contribution in [2.24, 2.45) is 0 Å². The highest BCUT2D eigenvalue weighted by atomic mass is 32.2. The molecule has 1 aromatic carbocycles. The number of nitrogens with zero attached hydrogens (tertiary/aromatic N) is 3. The summed E-state index contributed by atoms with van der Waals surface area (Å²) in [6, 6.07) is 10.6. The average molecular weight is 233 g/mol. The Bertz CT molecular complexity index is 386. The molecule has 0 saturated heterocycles. The molecule has 0 N–H and O–H groups in total. The molecule has 3 nitrogen and oxygen atoms in total. The van der Waals surface area contributed by atoms with Crippen LogP contribution in [0.2, 0.25) is 0 Å². The minimum absolute atomic E-state index is 0.960. The summed E-state index contributed by atoms with van der Waals surface area (Å²) in [5.74, 6) is 2.26. The first-order chi connectivity index (χ1) is 7.95. The molecule has 2 rings (SSSR count). The van der Waals surface area contributed by atoms with Gasteiger partial charge in [0.1, 0.15) is 0 Å². The molecule has 84 valence electrons. The number of hydrogen-bond donors (Lipinski definition) is 0. The van der Waals surface area contributed by atoms with E-state index in [2.05, 4.69) is 40.6 Å². The lowest BCUT2D eigenvalue weighted by molar-refractivity contribution is 0.582. The molecule has 0 atom stereocenters. The van der Waals surface area contributed by atoms with Crippen LogP contribution in [0.1, 0.15) is 12.0 Å². The molecule has 0 bridgehead atoms. The van der Waals surface area contributed by atoms with Gasteiger partial charge in [0.05, 0.1) is 6.20 Å². The van der Waals surface area contributed by atoms with Crippen LogP contribution >= 0.6 is 11.8 Å². The Hall–Kier alpha value is -1.29. The molecule has 0 spiro atoms. The normalized spacial score (nSPS) is 10.5. The Kier molecular flexibility index (Phi) is 4.43. The maximum atomic E-state index is 3.93. The molecule has 0 unspecified atom stereocenters. The van der Waals surface area contributed by atoms with Crippen LogP contribution in [0.4, 0.5) is 0 Å². The Morgan fingerprint density at radius 1 is 1.19 bits per heavy atom. The number of rotatable bonds is 6. The largest absolute Gasteiger partial charge is 0.253 e. The van der Waals surface area contributed by atoms with Gasteiger partial charge in [-0.1, -0.05) is 35.5 Å². The van der Waals surface area contributed by atoms with E-state index in [1.54, 1.807) is 6.20 Å². The summed E-state index contributed by atoms with van der Waals surface area (Å²) in [6.45, 7) is 0.960. The predicted molar refractivity (Wildman–Crippen MR) is 67.2 cm³/mol. The first-order valence-corrected chi connectivity index (χ1v) is 6.56. The van der Waals surface area contributed by atoms with Crippen LogP contribution < -0.4 is 0 Å². The van der Waals surface area contributed by atoms with E-state index in [4.69, 9.17) is 0 Å². The monoisotopic (exact) mass is 233 g/mol. The summed E-state index contributed by atoms with van der Waals surface area (Å²) >= 11 is 1.97. The number of aryl methyl sites for hydroxylation is 1. The molecule has 0 fully saturated rings. The van der Waals surface area contributed by atoms with Gasteiger partial charge in [0.25, 0.3) is 0 Å². The molecule has 0 aliphatic carbocycles. The maximum absolute atomic E-state index is 3.93. The quantitative estimate of drug-likeness (QED) is 0.719. The first kappa shape index (κ1) is 11.2. The van der Waals surface area contributed by atoms with Gasteiger partial charge in [0.2, 0.25) is 0 Å². The van der Waals surface area contributed by atoms with Crippen molar-refractivity contribution in [3.63, 3.8) is 0 Å². The van der Waals surface area contributed by atoms with Crippen molar-refractivity contribution in [2.45, 2.75) is 18.7 Å². The number of benzene rings is 1. The van der Waals surface area contributed by atoms with Crippen LogP contribution in [0, 0.1) is 0 Å². The lowest BCUT2D eigenvalue weighted by Crippen LogP contribution is -1.99. The molecular formula is C12H15N3S. The van der Waals surface area contributed by atoms with Gasteiger partial charge in [0, 0.05) is 18.5 Å². The lowest BCUT2D eigenvalue weighted by atomic mass is 10.2. The molecule has 2 aromatic rings. The van der Waals surface area contributed by atoms with E-state index in [0.29, 0.717) is 0 Å². The van der Waals surface area contributed by atoms with Crippen molar-refractivity contribution in [1.82, 2.24) is 15.0 Å². The Labute approximate surface area is 99.9 Å². The van der Waals surface area contributed by atoms with E-state index < -0.39 is 0 Å². The minimum Gasteiger partial charge on any atom is -0.253 e. The molecular weight excluding hydrogens is 218 g/mol. The van der Waals surface area contributed by atoms with Crippen molar-refractivity contribution >= 4 is 11.8 Å². The van der Waals surface area contributed by atoms with Crippen molar-refractivity contribution in [3.8, 4) is 0 Å². The second-order valence-corrected chi connectivity index (χ2v) is 4.66. The minimum atomic E-state index is 0.960. The van der Waals surface area contributed by atoms with Crippen molar-refractivity contribution in [2.75, 3.05) is 5.75 Å².